The zero-order valence-electron chi connectivity index (χ0n) is 28.4. The number of rotatable bonds is 31. The quantitative estimate of drug-likeness (QED) is 0.0414. The molecule has 0 heterocycles. The molecule has 4 N–H and O–H groups in total. The molecule has 0 spiro atoms. The first-order chi connectivity index (χ1) is 20.7. The summed E-state index contributed by atoms with van der Waals surface area (Å²) in [4.78, 5) is 0. The Morgan fingerprint density at radius 2 is 0.605 bits per heavy atom. The summed E-state index contributed by atoms with van der Waals surface area (Å²) < 4.78 is 0. The molecule has 0 aromatic heterocycles. The Labute approximate surface area is 288 Å². The number of nitrogens with two attached hydrogens (primary N) is 2. The fraction of sp³-hybridized carbons (Fsp3) is 0.889. The molecule has 0 aliphatic carbocycles. The second-order valence-corrected chi connectivity index (χ2v) is 45.9. The van der Waals surface area contributed by atoms with E-state index < -0.39 is 16.3 Å². The summed E-state index contributed by atoms with van der Waals surface area (Å²) in [5.74, 6) is 0. The van der Waals surface area contributed by atoms with E-state index in [0.29, 0.717) is 0 Å². The number of halogens is 4. The van der Waals surface area contributed by atoms with Crippen LogP contribution in [0.3, 0.4) is 0 Å². The molecule has 0 aromatic rings. The molecule has 2 atom stereocenters. The SMILES string of the molecule is CCCCCCCC/C=C\CCCCCCCC(N)C(N)CCCCCCC/C=C\CCCCCCCC.[Cl][Pb]([Cl])([Cl])[Cl]. The molecule has 0 aliphatic heterocycles. The van der Waals surface area contributed by atoms with Gasteiger partial charge in [-0.1, -0.05) is 154 Å². The Morgan fingerprint density at radius 3 is 0.860 bits per heavy atom. The first kappa shape index (κ1) is 46.6. The molecule has 0 bridgehead atoms. The van der Waals surface area contributed by atoms with E-state index in [2.05, 4.69) is 38.2 Å². The van der Waals surface area contributed by atoms with Crippen molar-refractivity contribution in [2.45, 2.75) is 206 Å². The Balaban J connectivity index is 0. The van der Waals surface area contributed by atoms with Crippen LogP contribution in [0, 0.1) is 0 Å². The van der Waals surface area contributed by atoms with Crippen LogP contribution in [0.2, 0.25) is 0 Å². The number of hydrogen-bond acceptors (Lipinski definition) is 2. The molecule has 2 nitrogen and oxygen atoms in total. The van der Waals surface area contributed by atoms with E-state index in [-0.39, 0.29) is 12.1 Å². The topological polar surface area (TPSA) is 52.0 Å². The van der Waals surface area contributed by atoms with Gasteiger partial charge < -0.3 is 11.5 Å². The Kier molecular flexibility index (Phi) is 41.1. The third-order valence-corrected chi connectivity index (χ3v) is 8.15. The molecule has 7 heteroatoms. The number of unbranched alkanes of at least 4 members (excludes halogenated alkanes) is 22. The molecule has 0 saturated heterocycles. The van der Waals surface area contributed by atoms with Gasteiger partial charge in [-0.05, 0) is 64.2 Å². The van der Waals surface area contributed by atoms with Crippen LogP contribution in [0.4, 0.5) is 0 Å². The van der Waals surface area contributed by atoms with Gasteiger partial charge in [-0.15, -0.1) is 0 Å². The van der Waals surface area contributed by atoms with Crippen LogP contribution >= 0.6 is 33.3 Å². The molecule has 258 valence electrons. The van der Waals surface area contributed by atoms with E-state index >= 15 is 0 Å². The van der Waals surface area contributed by atoms with Crippen molar-refractivity contribution in [3.63, 3.8) is 0 Å². The van der Waals surface area contributed by atoms with E-state index in [1.807, 2.05) is 0 Å². The molecule has 0 rings (SSSR count). The average Bonchev–Trinajstić information content (AvgIpc) is 2.96. The molecule has 0 aliphatic rings. The summed E-state index contributed by atoms with van der Waals surface area (Å²) in [6.45, 7) is 4.57. The fourth-order valence-electron chi connectivity index (χ4n) is 5.33. The van der Waals surface area contributed by atoms with Crippen LogP contribution in [0.5, 0.6) is 0 Å². The average molecular weight is 882 g/mol. The molecule has 0 aromatic carbocycles. The zero-order chi connectivity index (χ0) is 32.3. The molecule has 0 fully saturated rings. The molecular weight excluding hydrogens is 809 g/mol. The monoisotopic (exact) mass is 880 g/mol. The Bertz CT molecular complexity index is 534. The summed E-state index contributed by atoms with van der Waals surface area (Å²) in [6, 6.07) is 0.383. The van der Waals surface area contributed by atoms with Gasteiger partial charge in [0.05, 0.1) is 0 Å². The molecule has 2 unspecified atom stereocenters. The molecule has 0 radical (unpaired) electrons. The van der Waals surface area contributed by atoms with E-state index in [1.165, 1.54) is 167 Å². The Morgan fingerprint density at radius 1 is 0.395 bits per heavy atom. The zero-order valence-corrected chi connectivity index (χ0v) is 35.3. The van der Waals surface area contributed by atoms with Gasteiger partial charge in [0, 0.05) is 12.1 Å². The number of hydrogen-bond donors (Lipinski definition) is 2. The summed E-state index contributed by atoms with van der Waals surface area (Å²) in [7, 11) is 20.2. The van der Waals surface area contributed by atoms with Crippen molar-refractivity contribution >= 4 is 49.5 Å². The molecule has 0 saturated carbocycles. The Hall–Kier alpha value is 1.48. The summed E-state index contributed by atoms with van der Waals surface area (Å²) >= 11 is -3.39. The van der Waals surface area contributed by atoms with Gasteiger partial charge in [-0.25, -0.2) is 0 Å². The van der Waals surface area contributed by atoms with Gasteiger partial charge in [-0.3, -0.25) is 0 Å². The van der Waals surface area contributed by atoms with Crippen molar-refractivity contribution in [3.05, 3.63) is 24.3 Å². The summed E-state index contributed by atoms with van der Waals surface area (Å²) in [5, 5.41) is 0. The number of allylic oxidation sites excluding steroid dienone is 4. The van der Waals surface area contributed by atoms with Gasteiger partial charge in [0.15, 0.2) is 0 Å². The van der Waals surface area contributed by atoms with Crippen LogP contribution in [0.1, 0.15) is 194 Å². The molecule has 43 heavy (non-hydrogen) atoms. The van der Waals surface area contributed by atoms with Crippen molar-refractivity contribution in [2.24, 2.45) is 11.5 Å². The van der Waals surface area contributed by atoms with Crippen molar-refractivity contribution in [1.82, 2.24) is 0 Å². The van der Waals surface area contributed by atoms with Crippen LogP contribution in [-0.4, -0.2) is 28.4 Å². The van der Waals surface area contributed by atoms with Crippen molar-refractivity contribution in [2.75, 3.05) is 0 Å². The predicted octanol–water partition coefficient (Wildman–Crippen LogP) is 14.1. The normalized spacial score (nSPS) is 13.5. The molecule has 0 amide bonds. The van der Waals surface area contributed by atoms with Gasteiger partial charge in [0.25, 0.3) is 0 Å². The summed E-state index contributed by atoms with van der Waals surface area (Å²) in [5.41, 5.74) is 12.8. The van der Waals surface area contributed by atoms with E-state index in [1.54, 1.807) is 0 Å². The van der Waals surface area contributed by atoms with Crippen LogP contribution in [-0.2, 0) is 0 Å². The standard InChI is InChI=1S/C36H72N2.4ClH.Pb/c1-3-5-7-9-11-13-15-17-19-21-23-25-27-29-31-33-35(37)36(38)34-32-30-28-26-24-22-20-18-16-14-12-10-8-6-4-2;;;;;/h17-20,35-36H,3-16,21-34,37-38H2,1-2H3;4*1H;/q;;;;;+4/p-4/b19-17-,20-18-;;;;;. The summed E-state index contributed by atoms with van der Waals surface area (Å²) in [6.07, 6.45) is 46.9. The van der Waals surface area contributed by atoms with E-state index in [0.717, 1.165) is 12.8 Å². The van der Waals surface area contributed by atoms with Gasteiger partial charge in [0.1, 0.15) is 0 Å². The third kappa shape index (κ3) is 48.0. The van der Waals surface area contributed by atoms with Gasteiger partial charge >= 0.3 is 49.5 Å². The van der Waals surface area contributed by atoms with Crippen LogP contribution in [0.25, 0.3) is 0 Å². The molecular formula is C36H72Cl4N2Pb. The fourth-order valence-corrected chi connectivity index (χ4v) is 5.33. The van der Waals surface area contributed by atoms with Crippen LogP contribution in [0.15, 0.2) is 24.3 Å². The second kappa shape index (κ2) is 37.9. The maximum absolute atomic E-state index is 6.39. The minimum absolute atomic E-state index is 0.191. The van der Waals surface area contributed by atoms with Crippen molar-refractivity contribution in [1.29, 1.82) is 0 Å². The van der Waals surface area contributed by atoms with Crippen LogP contribution < -0.4 is 11.5 Å². The second-order valence-electron chi connectivity index (χ2n) is 12.5. The van der Waals surface area contributed by atoms with Crippen molar-refractivity contribution < 1.29 is 0 Å². The van der Waals surface area contributed by atoms with Crippen molar-refractivity contribution in [3.8, 4) is 0 Å². The van der Waals surface area contributed by atoms with E-state index in [9.17, 15) is 0 Å². The van der Waals surface area contributed by atoms with Gasteiger partial charge in [0.2, 0.25) is 0 Å². The third-order valence-electron chi connectivity index (χ3n) is 8.15. The van der Waals surface area contributed by atoms with E-state index in [4.69, 9.17) is 44.7 Å². The first-order valence-electron chi connectivity index (χ1n) is 18.3. The maximum atomic E-state index is 6.39. The predicted molar refractivity (Wildman–Crippen MR) is 204 cm³/mol. The first-order valence-corrected chi connectivity index (χ1v) is 37.4. The van der Waals surface area contributed by atoms with Gasteiger partial charge in [-0.2, -0.15) is 0 Å². The minimum atomic E-state index is -3.39.